The number of benzene rings is 1. The van der Waals surface area contributed by atoms with E-state index >= 15 is 0 Å². The van der Waals surface area contributed by atoms with E-state index < -0.39 is 30.1 Å². The van der Waals surface area contributed by atoms with E-state index in [1.807, 2.05) is 0 Å². The predicted octanol–water partition coefficient (Wildman–Crippen LogP) is 4.19. The maximum Gasteiger partial charge on any atom is 0.387 e. The topological polar surface area (TPSA) is 26.3 Å². The Morgan fingerprint density at radius 3 is 2.29 bits per heavy atom. The van der Waals surface area contributed by atoms with E-state index in [2.05, 4.69) is 20.7 Å². The molecule has 0 fully saturated rings. The smallest absolute Gasteiger partial charge is 0.387 e. The second-order valence-corrected chi connectivity index (χ2v) is 3.97. The molecule has 0 radical (unpaired) electrons. The first-order valence-electron chi connectivity index (χ1n) is 4.40. The Morgan fingerprint density at radius 1 is 1.29 bits per heavy atom. The molecule has 1 rings (SSSR count). The lowest BCUT2D eigenvalue weighted by molar-refractivity contribution is -0.0506. The number of rotatable bonds is 4. The van der Waals surface area contributed by atoms with Crippen molar-refractivity contribution in [1.82, 2.24) is 0 Å². The zero-order chi connectivity index (χ0) is 13.2. The number of carbonyl (C=O) groups is 1. The molecule has 2 nitrogen and oxygen atoms in total. The van der Waals surface area contributed by atoms with E-state index in [4.69, 9.17) is 0 Å². The van der Waals surface area contributed by atoms with Crippen molar-refractivity contribution in [2.75, 3.05) is 0 Å². The number of ether oxygens (including phenoxy) is 1. The number of ketones is 1. The normalized spacial score (nSPS) is 11.1. The quantitative estimate of drug-likeness (QED) is 0.615. The molecule has 0 unspecified atom stereocenters. The Bertz CT molecular complexity index is 435. The summed E-state index contributed by atoms with van der Waals surface area (Å²) in [6.45, 7) is -2.06. The van der Waals surface area contributed by atoms with Crippen LogP contribution in [0, 0.1) is 0 Å². The van der Waals surface area contributed by atoms with Gasteiger partial charge in [-0.2, -0.15) is 8.78 Å². The van der Waals surface area contributed by atoms with Crippen LogP contribution >= 0.6 is 15.9 Å². The molecule has 0 saturated heterocycles. The molecule has 0 aromatic heterocycles. The molecule has 0 saturated carbocycles. The summed E-state index contributed by atoms with van der Waals surface area (Å²) in [7, 11) is 0. The predicted molar refractivity (Wildman–Crippen MR) is 55.7 cm³/mol. The van der Waals surface area contributed by atoms with Crippen LogP contribution in [0.3, 0.4) is 0 Å². The summed E-state index contributed by atoms with van der Waals surface area (Å²) in [5.41, 5.74) is -0.751. The van der Waals surface area contributed by atoms with Crippen LogP contribution in [0.25, 0.3) is 0 Å². The summed E-state index contributed by atoms with van der Waals surface area (Å²) in [5.74, 6) is -1.07. The number of carbonyl (C=O) groups excluding carboxylic acids is 1. The van der Waals surface area contributed by atoms with E-state index in [0.29, 0.717) is 0 Å². The van der Waals surface area contributed by atoms with Crippen molar-refractivity contribution < 1.29 is 27.1 Å². The number of hydrogen-bond donors (Lipinski definition) is 0. The van der Waals surface area contributed by atoms with Crippen LogP contribution in [-0.4, -0.2) is 12.4 Å². The standard InChI is InChI=1S/C10H7BrF4O2/c1-4(16)6-2-5(9(12)13)3-7(11)8(6)17-10(14)15/h2-3,9-10H,1H3. The number of hydrogen-bond acceptors (Lipinski definition) is 2. The molecule has 0 spiro atoms. The summed E-state index contributed by atoms with van der Waals surface area (Å²) in [5, 5.41) is 0. The van der Waals surface area contributed by atoms with E-state index in [9.17, 15) is 22.4 Å². The van der Waals surface area contributed by atoms with Gasteiger partial charge in [-0.15, -0.1) is 0 Å². The second-order valence-electron chi connectivity index (χ2n) is 3.11. The lowest BCUT2D eigenvalue weighted by Gasteiger charge is -2.12. The minimum Gasteiger partial charge on any atom is -0.433 e. The highest BCUT2D eigenvalue weighted by Crippen LogP contribution is 2.35. The van der Waals surface area contributed by atoms with Gasteiger partial charge in [0.2, 0.25) is 0 Å². The number of alkyl halides is 4. The highest BCUT2D eigenvalue weighted by molar-refractivity contribution is 9.10. The monoisotopic (exact) mass is 314 g/mol. The highest BCUT2D eigenvalue weighted by atomic mass is 79.9. The van der Waals surface area contributed by atoms with E-state index in [1.54, 1.807) is 0 Å². The molecular weight excluding hydrogens is 308 g/mol. The Hall–Kier alpha value is -1.11. The van der Waals surface area contributed by atoms with Crippen LogP contribution in [-0.2, 0) is 0 Å². The molecule has 1 aromatic carbocycles. The van der Waals surface area contributed by atoms with Gasteiger partial charge < -0.3 is 4.74 Å². The van der Waals surface area contributed by atoms with Crippen LogP contribution in [0.4, 0.5) is 17.6 Å². The van der Waals surface area contributed by atoms with Gasteiger partial charge in [-0.3, -0.25) is 4.79 Å². The molecule has 1 aromatic rings. The third-order valence-electron chi connectivity index (χ3n) is 1.90. The van der Waals surface area contributed by atoms with Gasteiger partial charge in [-0.25, -0.2) is 8.78 Å². The second kappa shape index (κ2) is 5.48. The Kier molecular flexibility index (Phi) is 4.50. The largest absolute Gasteiger partial charge is 0.433 e. The molecule has 17 heavy (non-hydrogen) atoms. The average Bonchev–Trinajstić information content (AvgIpc) is 2.19. The van der Waals surface area contributed by atoms with Crippen LogP contribution in [0.5, 0.6) is 5.75 Å². The van der Waals surface area contributed by atoms with Crippen molar-refractivity contribution in [2.45, 2.75) is 20.0 Å². The minimum absolute atomic E-state index is 0.110. The molecule has 0 bridgehead atoms. The summed E-state index contributed by atoms with van der Waals surface area (Å²) < 4.78 is 53.1. The van der Waals surface area contributed by atoms with Gasteiger partial charge in [-0.1, -0.05) is 0 Å². The maximum atomic E-state index is 12.5. The van der Waals surface area contributed by atoms with Crippen LogP contribution in [0.15, 0.2) is 16.6 Å². The molecule has 0 aliphatic rings. The summed E-state index contributed by atoms with van der Waals surface area (Å²) in [4.78, 5) is 11.2. The fourth-order valence-corrected chi connectivity index (χ4v) is 1.78. The van der Waals surface area contributed by atoms with Crippen molar-refractivity contribution >= 4 is 21.7 Å². The molecular formula is C10H7BrF4O2. The molecule has 0 aliphatic heterocycles. The molecule has 7 heteroatoms. The molecule has 0 N–H and O–H groups in total. The van der Waals surface area contributed by atoms with Crippen molar-refractivity contribution in [1.29, 1.82) is 0 Å². The lowest BCUT2D eigenvalue weighted by Crippen LogP contribution is -2.08. The van der Waals surface area contributed by atoms with E-state index in [1.165, 1.54) is 0 Å². The van der Waals surface area contributed by atoms with E-state index in [0.717, 1.165) is 19.1 Å². The van der Waals surface area contributed by atoms with Crippen LogP contribution in [0.2, 0.25) is 0 Å². The van der Waals surface area contributed by atoms with Crippen molar-refractivity contribution in [2.24, 2.45) is 0 Å². The fraction of sp³-hybridized carbons (Fsp3) is 0.300. The third kappa shape index (κ3) is 3.42. The minimum atomic E-state index is -3.14. The Labute approximate surface area is 103 Å². The molecule has 0 aliphatic carbocycles. The fourth-order valence-electron chi connectivity index (χ4n) is 1.21. The maximum absolute atomic E-state index is 12.5. The molecule has 0 atom stereocenters. The summed E-state index contributed by atoms with van der Waals surface area (Å²) >= 11 is 2.82. The zero-order valence-corrected chi connectivity index (χ0v) is 10.1. The van der Waals surface area contributed by atoms with Gasteiger partial charge in [0.15, 0.2) is 11.5 Å². The van der Waals surface area contributed by atoms with Gasteiger partial charge >= 0.3 is 6.61 Å². The van der Waals surface area contributed by atoms with Gasteiger partial charge in [-0.05, 0) is 35.0 Å². The average molecular weight is 315 g/mol. The Balaban J connectivity index is 3.33. The van der Waals surface area contributed by atoms with Crippen LogP contribution in [0.1, 0.15) is 29.3 Å². The first-order valence-corrected chi connectivity index (χ1v) is 5.19. The van der Waals surface area contributed by atoms with E-state index in [-0.39, 0.29) is 10.0 Å². The van der Waals surface area contributed by atoms with Gasteiger partial charge in [0.25, 0.3) is 6.43 Å². The Morgan fingerprint density at radius 2 is 1.88 bits per heavy atom. The van der Waals surface area contributed by atoms with Crippen molar-refractivity contribution in [3.05, 3.63) is 27.7 Å². The third-order valence-corrected chi connectivity index (χ3v) is 2.49. The zero-order valence-electron chi connectivity index (χ0n) is 8.52. The summed E-state index contributed by atoms with van der Waals surface area (Å²) in [6.07, 6.45) is -2.80. The summed E-state index contributed by atoms with van der Waals surface area (Å²) in [6, 6.07) is 1.78. The number of halogens is 5. The molecule has 0 amide bonds. The van der Waals surface area contributed by atoms with Gasteiger partial charge in [0.05, 0.1) is 10.0 Å². The van der Waals surface area contributed by atoms with Crippen LogP contribution < -0.4 is 4.74 Å². The van der Waals surface area contributed by atoms with Crippen molar-refractivity contribution in [3.8, 4) is 5.75 Å². The number of Topliss-reactive ketones (excluding diaryl/α,β-unsaturated/α-hetero) is 1. The first kappa shape index (κ1) is 14.0. The highest BCUT2D eigenvalue weighted by Gasteiger charge is 2.20. The molecule has 94 valence electrons. The SMILES string of the molecule is CC(=O)c1cc(C(F)F)cc(Br)c1OC(F)F. The van der Waals surface area contributed by atoms with Crippen molar-refractivity contribution in [3.63, 3.8) is 0 Å². The molecule has 0 heterocycles. The van der Waals surface area contributed by atoms with Gasteiger partial charge in [0, 0.05) is 5.56 Å². The van der Waals surface area contributed by atoms with Gasteiger partial charge in [0.1, 0.15) is 0 Å². The lowest BCUT2D eigenvalue weighted by atomic mass is 10.1. The first-order chi connectivity index (χ1) is 7.82.